The van der Waals surface area contributed by atoms with Gasteiger partial charge in [-0.15, -0.1) is 0 Å². The molecule has 0 aliphatic rings. The lowest BCUT2D eigenvalue weighted by molar-refractivity contribution is 0.533. The summed E-state index contributed by atoms with van der Waals surface area (Å²) in [6.45, 7) is 9.42. The van der Waals surface area contributed by atoms with Crippen molar-refractivity contribution in [1.29, 1.82) is 5.41 Å². The first-order valence-corrected chi connectivity index (χ1v) is 4.38. The molecule has 72 valence electrons. The first-order valence-electron chi connectivity index (χ1n) is 4.38. The van der Waals surface area contributed by atoms with Crippen LogP contribution in [0.4, 0.5) is 0 Å². The Morgan fingerprint density at radius 3 is 2.42 bits per heavy atom. The van der Waals surface area contributed by atoms with Gasteiger partial charge in [-0.1, -0.05) is 20.4 Å². The molecule has 0 aromatic heterocycles. The van der Waals surface area contributed by atoms with Gasteiger partial charge in [0.25, 0.3) is 0 Å². The van der Waals surface area contributed by atoms with Gasteiger partial charge in [0, 0.05) is 6.54 Å². The summed E-state index contributed by atoms with van der Waals surface area (Å²) in [6, 6.07) is 0. The van der Waals surface area contributed by atoms with E-state index < -0.39 is 0 Å². The maximum atomic E-state index is 6.90. The van der Waals surface area contributed by atoms with E-state index in [1.54, 1.807) is 11.1 Å². The van der Waals surface area contributed by atoms with E-state index in [2.05, 4.69) is 11.9 Å². The summed E-state index contributed by atoms with van der Waals surface area (Å²) >= 11 is 0. The van der Waals surface area contributed by atoms with Crippen LogP contribution in [0, 0.1) is 5.41 Å². The van der Waals surface area contributed by atoms with Crippen molar-refractivity contribution in [3.8, 4) is 0 Å². The molecule has 0 spiro atoms. The zero-order chi connectivity index (χ0) is 9.82. The van der Waals surface area contributed by atoms with Crippen molar-refractivity contribution in [2.45, 2.75) is 20.3 Å². The van der Waals surface area contributed by atoms with E-state index in [9.17, 15) is 0 Å². The summed E-state index contributed by atoms with van der Waals surface area (Å²) in [6.07, 6.45) is 3.98. The molecule has 0 saturated carbocycles. The van der Waals surface area contributed by atoms with Crippen LogP contribution in [0.3, 0.4) is 0 Å². The topological polar surface area (TPSA) is 39.1 Å². The van der Waals surface area contributed by atoms with Crippen LogP contribution < -0.4 is 5.32 Å². The Balaban J connectivity index is 0. The highest BCUT2D eigenvalue weighted by Gasteiger charge is 1.90. The first kappa shape index (κ1) is 13.7. The van der Waals surface area contributed by atoms with Gasteiger partial charge in [-0.2, -0.15) is 0 Å². The monoisotopic (exact) mass is 171 g/mol. The standard InChI is InChI=1S/C7H15N3.C2H6/c1-3-10(7-8)6-4-5-9-2;1-2/h3,7-9H,1,4-6H2,2H3;1-2H3. The normalized spacial score (nSPS) is 7.92. The Kier molecular flexibility index (Phi) is 14.7. The van der Waals surface area contributed by atoms with E-state index in [1.165, 1.54) is 6.34 Å². The molecule has 0 fully saturated rings. The second-order valence-corrected chi connectivity index (χ2v) is 2.01. The fourth-order valence-corrected chi connectivity index (χ4v) is 0.647. The molecular formula is C9H21N3. The second kappa shape index (κ2) is 12.8. The van der Waals surface area contributed by atoms with E-state index in [1.807, 2.05) is 20.9 Å². The summed E-state index contributed by atoms with van der Waals surface area (Å²) in [5, 5.41) is 9.94. The molecule has 0 unspecified atom stereocenters. The predicted octanol–water partition coefficient (Wildman–Crippen LogP) is 1.67. The Morgan fingerprint density at radius 2 is 2.08 bits per heavy atom. The number of nitrogens with zero attached hydrogens (tertiary/aromatic N) is 1. The predicted molar refractivity (Wildman–Crippen MR) is 55.6 cm³/mol. The highest BCUT2D eigenvalue weighted by Crippen LogP contribution is 1.85. The molecule has 0 rings (SSSR count). The van der Waals surface area contributed by atoms with Crippen molar-refractivity contribution in [3.05, 3.63) is 12.8 Å². The van der Waals surface area contributed by atoms with Crippen LogP contribution in [-0.4, -0.2) is 31.4 Å². The summed E-state index contributed by atoms with van der Waals surface area (Å²) in [5.41, 5.74) is 0. The number of nitrogens with one attached hydrogen (secondary N) is 2. The van der Waals surface area contributed by atoms with Gasteiger partial charge in [-0.25, -0.2) is 0 Å². The van der Waals surface area contributed by atoms with Crippen LogP contribution in [-0.2, 0) is 0 Å². The van der Waals surface area contributed by atoms with Crippen LogP contribution >= 0.6 is 0 Å². The molecule has 0 amide bonds. The number of hydrogen-bond donors (Lipinski definition) is 2. The zero-order valence-corrected chi connectivity index (χ0v) is 8.43. The fraction of sp³-hybridized carbons (Fsp3) is 0.667. The van der Waals surface area contributed by atoms with E-state index in [-0.39, 0.29) is 0 Å². The van der Waals surface area contributed by atoms with Crippen molar-refractivity contribution in [2.75, 3.05) is 20.1 Å². The lowest BCUT2D eigenvalue weighted by Gasteiger charge is -2.11. The molecule has 3 nitrogen and oxygen atoms in total. The van der Waals surface area contributed by atoms with Crippen molar-refractivity contribution in [1.82, 2.24) is 10.2 Å². The van der Waals surface area contributed by atoms with Gasteiger partial charge in [0.15, 0.2) is 0 Å². The molecule has 0 aliphatic carbocycles. The van der Waals surface area contributed by atoms with Crippen molar-refractivity contribution < 1.29 is 0 Å². The minimum absolute atomic E-state index is 0.869. The average Bonchev–Trinajstić information content (AvgIpc) is 2.16. The van der Waals surface area contributed by atoms with Gasteiger partial charge in [0.2, 0.25) is 0 Å². The van der Waals surface area contributed by atoms with Gasteiger partial charge in [-0.05, 0) is 26.2 Å². The highest BCUT2D eigenvalue weighted by atomic mass is 15.1. The van der Waals surface area contributed by atoms with Crippen molar-refractivity contribution in [2.24, 2.45) is 0 Å². The van der Waals surface area contributed by atoms with Gasteiger partial charge >= 0.3 is 0 Å². The molecule has 3 heteroatoms. The second-order valence-electron chi connectivity index (χ2n) is 2.01. The SMILES string of the molecule is C=CN(C=N)CCCNC.CC. The smallest absolute Gasteiger partial charge is 0.0856 e. The number of rotatable bonds is 6. The van der Waals surface area contributed by atoms with E-state index in [0.29, 0.717) is 0 Å². The molecule has 0 heterocycles. The number of hydrogen-bond acceptors (Lipinski definition) is 2. The van der Waals surface area contributed by atoms with Crippen molar-refractivity contribution >= 4 is 6.34 Å². The van der Waals surface area contributed by atoms with Crippen LogP contribution in [0.15, 0.2) is 12.8 Å². The Morgan fingerprint density at radius 1 is 1.50 bits per heavy atom. The molecule has 0 aromatic carbocycles. The minimum atomic E-state index is 0.869. The maximum absolute atomic E-state index is 6.90. The summed E-state index contributed by atoms with van der Waals surface area (Å²) < 4.78 is 0. The van der Waals surface area contributed by atoms with Gasteiger partial charge in [0.1, 0.15) is 0 Å². The summed E-state index contributed by atoms with van der Waals surface area (Å²) in [7, 11) is 1.92. The van der Waals surface area contributed by atoms with Crippen LogP contribution in [0.1, 0.15) is 20.3 Å². The Hall–Kier alpha value is -0.830. The molecule has 0 radical (unpaired) electrons. The lowest BCUT2D eigenvalue weighted by Crippen LogP contribution is -2.19. The highest BCUT2D eigenvalue weighted by molar-refractivity contribution is 5.51. The molecule has 2 N–H and O–H groups in total. The summed E-state index contributed by atoms with van der Waals surface area (Å²) in [4.78, 5) is 1.75. The van der Waals surface area contributed by atoms with Gasteiger partial charge in [0.05, 0.1) is 6.34 Å². The van der Waals surface area contributed by atoms with E-state index in [4.69, 9.17) is 5.41 Å². The zero-order valence-electron chi connectivity index (χ0n) is 8.43. The summed E-state index contributed by atoms with van der Waals surface area (Å²) in [5.74, 6) is 0. The third kappa shape index (κ3) is 9.17. The molecular weight excluding hydrogens is 150 g/mol. The average molecular weight is 171 g/mol. The third-order valence-electron chi connectivity index (χ3n) is 1.24. The molecule has 0 atom stereocenters. The largest absolute Gasteiger partial charge is 0.340 e. The van der Waals surface area contributed by atoms with Crippen LogP contribution in [0.25, 0.3) is 0 Å². The van der Waals surface area contributed by atoms with Gasteiger partial charge in [-0.3, -0.25) is 5.41 Å². The van der Waals surface area contributed by atoms with Crippen molar-refractivity contribution in [3.63, 3.8) is 0 Å². The molecule has 0 aliphatic heterocycles. The van der Waals surface area contributed by atoms with Gasteiger partial charge < -0.3 is 10.2 Å². The molecule has 0 aromatic rings. The molecule has 0 bridgehead atoms. The third-order valence-corrected chi connectivity index (χ3v) is 1.24. The Bertz CT molecular complexity index is 93.9. The Labute approximate surface area is 76.0 Å². The molecule has 12 heavy (non-hydrogen) atoms. The lowest BCUT2D eigenvalue weighted by atomic mass is 10.4. The minimum Gasteiger partial charge on any atom is -0.340 e. The quantitative estimate of drug-likeness (QED) is 0.362. The maximum Gasteiger partial charge on any atom is 0.0856 e. The van der Waals surface area contributed by atoms with E-state index >= 15 is 0 Å². The van der Waals surface area contributed by atoms with E-state index in [0.717, 1.165) is 19.5 Å². The molecule has 0 saturated heterocycles. The van der Waals surface area contributed by atoms with Crippen LogP contribution in [0.2, 0.25) is 0 Å². The fourth-order valence-electron chi connectivity index (χ4n) is 0.647. The first-order chi connectivity index (χ1) is 5.85. The van der Waals surface area contributed by atoms with Crippen LogP contribution in [0.5, 0.6) is 0 Å².